The van der Waals surface area contributed by atoms with Crippen LogP contribution < -0.4 is 18.9 Å². The molecule has 0 unspecified atom stereocenters. The molecule has 0 aliphatic carbocycles. The van der Waals surface area contributed by atoms with Crippen LogP contribution in [0.2, 0.25) is 0 Å². The molecule has 5 heteroatoms. The minimum absolute atomic E-state index is 0.287. The molecule has 5 nitrogen and oxygen atoms in total. The third-order valence-electron chi connectivity index (χ3n) is 3.15. The van der Waals surface area contributed by atoms with Gasteiger partial charge in [0.25, 0.3) is 0 Å². The lowest BCUT2D eigenvalue weighted by Crippen LogP contribution is -2.00. The van der Waals surface area contributed by atoms with Crippen molar-refractivity contribution in [2.24, 2.45) is 0 Å². The number of rotatable bonds is 6. The van der Waals surface area contributed by atoms with Gasteiger partial charge in [-0.15, -0.1) is 0 Å². The molecule has 0 saturated carbocycles. The van der Waals surface area contributed by atoms with Gasteiger partial charge in [0.2, 0.25) is 0 Å². The zero-order valence-electron chi connectivity index (χ0n) is 12.8. The van der Waals surface area contributed by atoms with E-state index in [2.05, 4.69) is 6.07 Å². The summed E-state index contributed by atoms with van der Waals surface area (Å²) in [5.74, 6) is 2.24. The second-order valence-electron chi connectivity index (χ2n) is 4.43. The van der Waals surface area contributed by atoms with Gasteiger partial charge in [0.05, 0.1) is 26.9 Å². The van der Waals surface area contributed by atoms with E-state index in [0.717, 1.165) is 5.56 Å². The SMILES string of the molecule is COc1ccc(COc2c(C#N)cccc2OC)cc1OC. The van der Waals surface area contributed by atoms with Crippen LogP contribution in [-0.2, 0) is 6.61 Å². The van der Waals surface area contributed by atoms with Crippen molar-refractivity contribution >= 4 is 0 Å². The van der Waals surface area contributed by atoms with Crippen LogP contribution in [0.1, 0.15) is 11.1 Å². The van der Waals surface area contributed by atoms with E-state index in [1.165, 1.54) is 0 Å². The maximum absolute atomic E-state index is 9.16. The van der Waals surface area contributed by atoms with E-state index in [9.17, 15) is 0 Å². The van der Waals surface area contributed by atoms with Crippen LogP contribution in [0, 0.1) is 11.3 Å². The van der Waals surface area contributed by atoms with E-state index in [1.54, 1.807) is 39.5 Å². The van der Waals surface area contributed by atoms with Crippen molar-refractivity contribution < 1.29 is 18.9 Å². The summed E-state index contributed by atoms with van der Waals surface area (Å²) in [7, 11) is 4.71. The predicted molar refractivity (Wildman–Crippen MR) is 81.6 cm³/mol. The maximum atomic E-state index is 9.16. The summed E-state index contributed by atoms with van der Waals surface area (Å²) in [6.45, 7) is 0.287. The van der Waals surface area contributed by atoms with Crippen molar-refractivity contribution in [2.75, 3.05) is 21.3 Å². The normalized spacial score (nSPS) is 9.73. The van der Waals surface area contributed by atoms with Crippen molar-refractivity contribution in [1.29, 1.82) is 5.26 Å². The fourth-order valence-corrected chi connectivity index (χ4v) is 2.04. The first-order valence-corrected chi connectivity index (χ1v) is 6.64. The lowest BCUT2D eigenvalue weighted by Gasteiger charge is -2.13. The molecule has 0 aliphatic heterocycles. The average molecular weight is 299 g/mol. The molecule has 0 amide bonds. The summed E-state index contributed by atoms with van der Waals surface area (Å²) < 4.78 is 21.5. The van der Waals surface area contributed by atoms with Gasteiger partial charge in [-0.05, 0) is 29.8 Å². The smallest absolute Gasteiger partial charge is 0.179 e. The first kappa shape index (κ1) is 15.5. The fraction of sp³-hybridized carbons (Fsp3) is 0.235. The first-order valence-electron chi connectivity index (χ1n) is 6.64. The van der Waals surface area contributed by atoms with Gasteiger partial charge >= 0.3 is 0 Å². The minimum Gasteiger partial charge on any atom is -0.493 e. The number of benzene rings is 2. The van der Waals surface area contributed by atoms with Gasteiger partial charge in [-0.3, -0.25) is 0 Å². The molecule has 22 heavy (non-hydrogen) atoms. The summed E-state index contributed by atoms with van der Waals surface area (Å²) in [6, 6.07) is 12.8. The van der Waals surface area contributed by atoms with Gasteiger partial charge in [0, 0.05) is 0 Å². The number of ether oxygens (including phenoxy) is 4. The summed E-state index contributed by atoms with van der Waals surface area (Å²) >= 11 is 0. The highest BCUT2D eigenvalue weighted by Gasteiger charge is 2.11. The topological polar surface area (TPSA) is 60.7 Å². The van der Waals surface area contributed by atoms with Crippen molar-refractivity contribution in [3.8, 4) is 29.1 Å². The Kier molecular flexibility index (Phi) is 5.10. The second kappa shape index (κ2) is 7.23. The molecule has 0 aliphatic rings. The molecule has 0 bridgehead atoms. The fourth-order valence-electron chi connectivity index (χ4n) is 2.04. The number of methoxy groups -OCH3 is 3. The molecule has 0 spiro atoms. The van der Waals surface area contributed by atoms with Crippen LogP contribution in [0.3, 0.4) is 0 Å². The molecular weight excluding hydrogens is 282 g/mol. The summed E-state index contributed by atoms with van der Waals surface area (Å²) in [5.41, 5.74) is 1.33. The zero-order valence-corrected chi connectivity index (χ0v) is 12.8. The molecule has 2 rings (SSSR count). The van der Waals surface area contributed by atoms with Crippen molar-refractivity contribution in [3.63, 3.8) is 0 Å². The van der Waals surface area contributed by atoms with Crippen LogP contribution in [0.15, 0.2) is 36.4 Å². The number of nitriles is 1. The lowest BCUT2D eigenvalue weighted by molar-refractivity contribution is 0.282. The Morgan fingerprint density at radius 3 is 2.27 bits per heavy atom. The highest BCUT2D eigenvalue weighted by Crippen LogP contribution is 2.32. The second-order valence-corrected chi connectivity index (χ2v) is 4.43. The molecular formula is C17H17NO4. The van der Waals surface area contributed by atoms with Crippen molar-refractivity contribution in [2.45, 2.75) is 6.61 Å². The molecule has 2 aromatic rings. The number of para-hydroxylation sites is 1. The quantitative estimate of drug-likeness (QED) is 0.820. The Balaban J connectivity index is 2.22. The Morgan fingerprint density at radius 2 is 1.64 bits per heavy atom. The lowest BCUT2D eigenvalue weighted by atomic mass is 10.2. The molecule has 0 N–H and O–H groups in total. The Bertz CT molecular complexity index is 692. The summed E-state index contributed by atoms with van der Waals surface area (Å²) in [5, 5.41) is 9.16. The average Bonchev–Trinajstić information content (AvgIpc) is 2.59. The van der Waals surface area contributed by atoms with E-state index in [1.807, 2.05) is 18.2 Å². The largest absolute Gasteiger partial charge is 0.493 e. The van der Waals surface area contributed by atoms with E-state index in [-0.39, 0.29) is 6.61 Å². The highest BCUT2D eigenvalue weighted by atomic mass is 16.5. The van der Waals surface area contributed by atoms with E-state index in [4.69, 9.17) is 24.2 Å². The molecule has 0 heterocycles. The van der Waals surface area contributed by atoms with E-state index < -0.39 is 0 Å². The molecule has 2 aromatic carbocycles. The number of hydrogen-bond donors (Lipinski definition) is 0. The first-order chi connectivity index (χ1) is 10.7. The number of hydrogen-bond acceptors (Lipinski definition) is 5. The van der Waals surface area contributed by atoms with Crippen molar-refractivity contribution in [1.82, 2.24) is 0 Å². The molecule has 0 atom stereocenters. The Morgan fingerprint density at radius 1 is 0.909 bits per heavy atom. The number of nitrogens with zero attached hydrogens (tertiary/aromatic N) is 1. The zero-order chi connectivity index (χ0) is 15.9. The van der Waals surface area contributed by atoms with Gasteiger partial charge in [0.1, 0.15) is 12.7 Å². The van der Waals surface area contributed by atoms with Gasteiger partial charge in [-0.25, -0.2) is 0 Å². The molecule has 0 radical (unpaired) electrons. The van der Waals surface area contributed by atoms with Gasteiger partial charge in [0.15, 0.2) is 23.0 Å². The van der Waals surface area contributed by atoms with Gasteiger partial charge in [-0.2, -0.15) is 5.26 Å². The molecule has 0 fully saturated rings. The molecule has 0 saturated heterocycles. The van der Waals surface area contributed by atoms with Crippen LogP contribution >= 0.6 is 0 Å². The van der Waals surface area contributed by atoms with Crippen LogP contribution in [0.25, 0.3) is 0 Å². The Labute approximate surface area is 129 Å². The van der Waals surface area contributed by atoms with Crippen LogP contribution in [-0.4, -0.2) is 21.3 Å². The monoisotopic (exact) mass is 299 g/mol. The third kappa shape index (κ3) is 3.23. The van der Waals surface area contributed by atoms with Crippen LogP contribution in [0.5, 0.6) is 23.0 Å². The summed E-state index contributed by atoms with van der Waals surface area (Å²) in [4.78, 5) is 0. The van der Waals surface area contributed by atoms with Crippen molar-refractivity contribution in [3.05, 3.63) is 47.5 Å². The van der Waals surface area contributed by atoms with Crippen LogP contribution in [0.4, 0.5) is 0 Å². The summed E-state index contributed by atoms with van der Waals surface area (Å²) in [6.07, 6.45) is 0. The predicted octanol–water partition coefficient (Wildman–Crippen LogP) is 3.16. The van der Waals surface area contributed by atoms with Gasteiger partial charge in [-0.1, -0.05) is 12.1 Å². The minimum atomic E-state index is 0.287. The Hall–Kier alpha value is -2.87. The van der Waals surface area contributed by atoms with E-state index in [0.29, 0.717) is 28.6 Å². The standard InChI is InChI=1S/C17H17NO4/c1-19-14-8-7-12(9-16(14)21-3)11-22-17-13(10-18)5-4-6-15(17)20-2/h4-9H,11H2,1-3H3. The molecule has 0 aromatic heterocycles. The van der Waals surface area contributed by atoms with E-state index >= 15 is 0 Å². The maximum Gasteiger partial charge on any atom is 0.179 e. The highest BCUT2D eigenvalue weighted by molar-refractivity contribution is 5.52. The molecule has 114 valence electrons. The third-order valence-corrected chi connectivity index (χ3v) is 3.15. The van der Waals surface area contributed by atoms with Gasteiger partial charge < -0.3 is 18.9 Å².